The predicted molar refractivity (Wildman–Crippen MR) is 64.6 cm³/mol. The molecule has 1 N–H and O–H groups in total. The summed E-state index contributed by atoms with van der Waals surface area (Å²) in [7, 11) is 0. The second-order valence-corrected chi connectivity index (χ2v) is 5.51. The molecule has 1 aromatic rings. The molecule has 0 aliphatic carbocycles. The molecule has 2 nitrogen and oxygen atoms in total. The number of aliphatic hydroxyl groups is 1. The van der Waals surface area contributed by atoms with Crippen molar-refractivity contribution in [2.24, 2.45) is 0 Å². The summed E-state index contributed by atoms with van der Waals surface area (Å²) in [5.41, 5.74) is -0.210. The highest BCUT2D eigenvalue weighted by Crippen LogP contribution is 2.39. The molecular weight excluding hydrogens is 224 g/mol. The third kappa shape index (κ3) is 2.40. The van der Waals surface area contributed by atoms with Gasteiger partial charge in [-0.1, -0.05) is 23.7 Å². The Hall–Kier alpha value is -0.570. The average Bonchev–Trinajstić information content (AvgIpc) is 2.15. The zero-order valence-corrected chi connectivity index (χ0v) is 10.4. The molecule has 0 radical (unpaired) electrons. The normalized spacial score (nSPS) is 29.0. The third-order valence-electron chi connectivity index (χ3n) is 3.09. The third-order valence-corrected chi connectivity index (χ3v) is 3.32. The zero-order valence-electron chi connectivity index (χ0n) is 9.66. The summed E-state index contributed by atoms with van der Waals surface area (Å²) in [6.07, 6.45) is 1.22. The highest BCUT2D eigenvalue weighted by atomic mass is 35.5. The van der Waals surface area contributed by atoms with Crippen LogP contribution in [-0.2, 0) is 10.3 Å². The molecule has 1 saturated heterocycles. The van der Waals surface area contributed by atoms with E-state index in [4.69, 9.17) is 16.3 Å². The molecular formula is C13H17ClO2. The molecule has 16 heavy (non-hydrogen) atoms. The first-order valence-electron chi connectivity index (χ1n) is 5.54. The number of halogens is 1. The van der Waals surface area contributed by atoms with Crippen LogP contribution in [0.15, 0.2) is 24.3 Å². The number of hydrogen-bond donors (Lipinski definition) is 1. The summed E-state index contributed by atoms with van der Waals surface area (Å²) in [4.78, 5) is 0. The van der Waals surface area contributed by atoms with E-state index in [-0.39, 0.29) is 5.60 Å². The minimum atomic E-state index is -0.813. The lowest BCUT2D eigenvalue weighted by atomic mass is 9.79. The van der Waals surface area contributed by atoms with E-state index < -0.39 is 5.60 Å². The summed E-state index contributed by atoms with van der Waals surface area (Å²) < 4.78 is 5.62. The molecule has 1 aliphatic rings. The molecule has 0 amide bonds. The van der Waals surface area contributed by atoms with Crippen molar-refractivity contribution in [1.82, 2.24) is 0 Å². The van der Waals surface area contributed by atoms with Crippen LogP contribution in [0.4, 0.5) is 0 Å². The topological polar surface area (TPSA) is 29.5 Å². The standard InChI is InChI=1S/C13H17ClO2/c1-12(2)9-13(15,6-7-16-12)10-4-3-5-11(14)8-10/h3-5,8,15H,6-7,9H2,1-2H3. The van der Waals surface area contributed by atoms with Gasteiger partial charge in [-0.3, -0.25) is 0 Å². The molecule has 0 saturated carbocycles. The number of benzene rings is 1. The van der Waals surface area contributed by atoms with Crippen LogP contribution in [0, 0.1) is 0 Å². The van der Waals surface area contributed by atoms with Gasteiger partial charge < -0.3 is 9.84 Å². The van der Waals surface area contributed by atoms with E-state index in [0.29, 0.717) is 24.5 Å². The first kappa shape index (κ1) is 11.9. The summed E-state index contributed by atoms with van der Waals surface area (Å²) in [5, 5.41) is 11.3. The van der Waals surface area contributed by atoms with E-state index in [0.717, 1.165) is 5.56 Å². The van der Waals surface area contributed by atoms with Gasteiger partial charge in [-0.05, 0) is 31.5 Å². The minimum absolute atomic E-state index is 0.282. The van der Waals surface area contributed by atoms with Gasteiger partial charge in [0, 0.05) is 17.9 Å². The van der Waals surface area contributed by atoms with Crippen LogP contribution in [0.3, 0.4) is 0 Å². The van der Waals surface area contributed by atoms with Crippen LogP contribution in [0.1, 0.15) is 32.3 Å². The maximum absolute atomic E-state index is 10.7. The molecule has 1 atom stereocenters. The Balaban J connectivity index is 2.31. The lowest BCUT2D eigenvalue weighted by Gasteiger charge is -2.41. The van der Waals surface area contributed by atoms with Crippen molar-refractivity contribution in [3.8, 4) is 0 Å². The van der Waals surface area contributed by atoms with Crippen molar-refractivity contribution in [3.05, 3.63) is 34.9 Å². The summed E-state index contributed by atoms with van der Waals surface area (Å²) in [6.45, 7) is 4.58. The molecule has 88 valence electrons. The Bertz CT molecular complexity index is 389. The van der Waals surface area contributed by atoms with Crippen LogP contribution in [-0.4, -0.2) is 17.3 Å². The number of ether oxygens (including phenoxy) is 1. The van der Waals surface area contributed by atoms with Crippen molar-refractivity contribution in [3.63, 3.8) is 0 Å². The fourth-order valence-electron chi connectivity index (χ4n) is 2.36. The van der Waals surface area contributed by atoms with Crippen molar-refractivity contribution >= 4 is 11.6 Å². The smallest absolute Gasteiger partial charge is 0.0946 e. The minimum Gasteiger partial charge on any atom is -0.385 e. The van der Waals surface area contributed by atoms with Gasteiger partial charge in [-0.2, -0.15) is 0 Å². The lowest BCUT2D eigenvalue weighted by molar-refractivity contribution is -0.148. The Labute approximate surface area is 101 Å². The number of rotatable bonds is 1. The zero-order chi connectivity index (χ0) is 11.8. The molecule has 1 aliphatic heterocycles. The first-order valence-corrected chi connectivity index (χ1v) is 5.92. The molecule has 1 aromatic carbocycles. The summed E-state index contributed by atoms with van der Waals surface area (Å²) in [5.74, 6) is 0. The van der Waals surface area contributed by atoms with Gasteiger partial charge in [0.05, 0.1) is 17.8 Å². The van der Waals surface area contributed by atoms with Gasteiger partial charge in [-0.25, -0.2) is 0 Å². The summed E-state index contributed by atoms with van der Waals surface area (Å²) >= 11 is 5.95. The van der Waals surface area contributed by atoms with Crippen molar-refractivity contribution in [2.45, 2.75) is 37.9 Å². The first-order chi connectivity index (χ1) is 7.41. The molecule has 0 spiro atoms. The predicted octanol–water partition coefficient (Wildman–Crippen LogP) is 3.12. The van der Waals surface area contributed by atoms with Gasteiger partial charge in [0.15, 0.2) is 0 Å². The molecule has 0 aromatic heterocycles. The largest absolute Gasteiger partial charge is 0.385 e. The van der Waals surface area contributed by atoms with E-state index in [1.165, 1.54) is 0 Å². The maximum Gasteiger partial charge on any atom is 0.0946 e. The van der Waals surface area contributed by atoms with E-state index in [1.54, 1.807) is 0 Å². The molecule has 1 unspecified atom stereocenters. The van der Waals surface area contributed by atoms with Gasteiger partial charge in [0.2, 0.25) is 0 Å². The second-order valence-electron chi connectivity index (χ2n) is 5.08. The van der Waals surface area contributed by atoms with E-state index in [9.17, 15) is 5.11 Å². The van der Waals surface area contributed by atoms with Crippen LogP contribution in [0.25, 0.3) is 0 Å². The van der Waals surface area contributed by atoms with E-state index in [2.05, 4.69) is 0 Å². The van der Waals surface area contributed by atoms with Crippen molar-refractivity contribution < 1.29 is 9.84 Å². The fraction of sp³-hybridized carbons (Fsp3) is 0.538. The lowest BCUT2D eigenvalue weighted by Crippen LogP contribution is -2.43. The van der Waals surface area contributed by atoms with Gasteiger partial charge in [-0.15, -0.1) is 0 Å². The second kappa shape index (κ2) is 4.02. The van der Waals surface area contributed by atoms with Crippen LogP contribution >= 0.6 is 11.6 Å². The van der Waals surface area contributed by atoms with Gasteiger partial charge in [0.25, 0.3) is 0 Å². The Kier molecular flexibility index (Phi) is 2.99. The maximum atomic E-state index is 10.7. The van der Waals surface area contributed by atoms with Crippen LogP contribution in [0.5, 0.6) is 0 Å². The molecule has 1 fully saturated rings. The summed E-state index contributed by atoms with van der Waals surface area (Å²) in [6, 6.07) is 7.45. The average molecular weight is 241 g/mol. The number of hydrogen-bond acceptors (Lipinski definition) is 2. The fourth-order valence-corrected chi connectivity index (χ4v) is 2.55. The highest BCUT2D eigenvalue weighted by molar-refractivity contribution is 6.30. The quantitative estimate of drug-likeness (QED) is 0.817. The Morgan fingerprint density at radius 1 is 1.38 bits per heavy atom. The molecule has 3 heteroatoms. The van der Waals surface area contributed by atoms with Gasteiger partial charge in [0.1, 0.15) is 0 Å². The molecule has 1 heterocycles. The molecule has 2 rings (SSSR count). The SMILES string of the molecule is CC1(C)CC(O)(c2cccc(Cl)c2)CCO1. The van der Waals surface area contributed by atoms with E-state index in [1.807, 2.05) is 38.1 Å². The van der Waals surface area contributed by atoms with Crippen molar-refractivity contribution in [2.75, 3.05) is 6.61 Å². The van der Waals surface area contributed by atoms with Crippen LogP contribution < -0.4 is 0 Å². The Morgan fingerprint density at radius 3 is 2.75 bits per heavy atom. The van der Waals surface area contributed by atoms with Crippen molar-refractivity contribution in [1.29, 1.82) is 0 Å². The molecule has 0 bridgehead atoms. The van der Waals surface area contributed by atoms with Gasteiger partial charge >= 0.3 is 0 Å². The van der Waals surface area contributed by atoms with E-state index >= 15 is 0 Å². The highest BCUT2D eigenvalue weighted by Gasteiger charge is 2.40. The monoisotopic (exact) mass is 240 g/mol. The van der Waals surface area contributed by atoms with Crippen LogP contribution in [0.2, 0.25) is 5.02 Å². The Morgan fingerprint density at radius 2 is 2.12 bits per heavy atom.